The number of fused-ring (bicyclic) bond motifs is 4. The molecule has 10 rings (SSSR count). The smallest absolute Gasteiger partial charge is 0.180 e. The fourth-order valence-electron chi connectivity index (χ4n) is 10.1. The molecule has 61 heavy (non-hydrogen) atoms. The molecule has 0 amide bonds. The molecule has 9 aromatic carbocycles. The lowest BCUT2D eigenvalue weighted by Crippen LogP contribution is -2.75. The maximum Gasteiger partial charge on any atom is 0.180 e. The van der Waals surface area contributed by atoms with Crippen LogP contribution in [0.2, 0.25) is 0 Å². The van der Waals surface area contributed by atoms with Gasteiger partial charge in [-0.25, -0.2) is 4.98 Å². The zero-order valence-electron chi connectivity index (χ0n) is 37.1. The molecule has 0 bridgehead atoms. The number of nitrogens with zero attached hydrogens (tertiary/aromatic N) is 1. The van der Waals surface area contributed by atoms with Crippen molar-refractivity contribution in [3.63, 3.8) is 0 Å². The van der Waals surface area contributed by atoms with E-state index in [-0.39, 0.29) is 16.2 Å². The van der Waals surface area contributed by atoms with Crippen LogP contribution in [0.3, 0.4) is 0 Å². The highest BCUT2D eigenvalue weighted by Gasteiger charge is 2.44. The lowest BCUT2D eigenvalue weighted by Gasteiger charge is -2.37. The van der Waals surface area contributed by atoms with Gasteiger partial charge in [0.25, 0.3) is 0 Å². The van der Waals surface area contributed by atoms with Gasteiger partial charge in [0, 0.05) is 21.7 Å². The van der Waals surface area contributed by atoms with E-state index in [1.165, 1.54) is 85.9 Å². The molecule has 0 fully saturated rings. The van der Waals surface area contributed by atoms with Crippen LogP contribution in [-0.4, -0.2) is 13.1 Å². The predicted molar refractivity (Wildman–Crippen MR) is 268 cm³/mol. The Balaban J connectivity index is 1.45. The summed E-state index contributed by atoms with van der Waals surface area (Å²) in [5, 5.41) is 17.0. The van der Waals surface area contributed by atoms with Crippen molar-refractivity contribution in [2.45, 2.75) is 78.6 Å². The van der Waals surface area contributed by atoms with Crippen molar-refractivity contribution in [3.05, 3.63) is 187 Å². The molecule has 2 heteroatoms. The first-order chi connectivity index (χ1) is 29.1. The van der Waals surface area contributed by atoms with Gasteiger partial charge in [-0.3, -0.25) is 0 Å². The Bertz CT molecular complexity index is 3110. The van der Waals surface area contributed by atoms with E-state index < -0.39 is 8.07 Å². The maximum absolute atomic E-state index is 5.49. The topological polar surface area (TPSA) is 12.9 Å². The van der Waals surface area contributed by atoms with Gasteiger partial charge in [-0.15, -0.1) is 0 Å². The van der Waals surface area contributed by atoms with Crippen molar-refractivity contribution in [3.8, 4) is 11.3 Å². The van der Waals surface area contributed by atoms with Crippen molar-refractivity contribution >= 4 is 82.8 Å². The van der Waals surface area contributed by atoms with Gasteiger partial charge in [0.2, 0.25) is 0 Å². The van der Waals surface area contributed by atoms with Gasteiger partial charge in [-0.2, -0.15) is 0 Å². The van der Waals surface area contributed by atoms with Crippen LogP contribution in [0.25, 0.3) is 65.3 Å². The van der Waals surface area contributed by atoms with E-state index in [0.717, 1.165) is 16.8 Å². The van der Waals surface area contributed by atoms with Crippen LogP contribution in [0, 0.1) is 0 Å². The van der Waals surface area contributed by atoms with E-state index in [1.807, 2.05) is 0 Å². The zero-order valence-corrected chi connectivity index (χ0v) is 38.1. The number of para-hydroxylation sites is 1. The van der Waals surface area contributed by atoms with E-state index in [1.54, 1.807) is 0 Å². The second-order valence-corrected chi connectivity index (χ2v) is 24.2. The molecule has 300 valence electrons. The fourth-order valence-corrected chi connectivity index (χ4v) is 15.0. The SMILES string of the molecule is CC(C)(C)c1ccc([Si](c2ccc(C(C)(C)C)cc2)(c2ccc(C(C)(C)C)cc2)c2cc3cccc4ccc5c6c(cc2c5c43)c(-c2ccccc2)nc2ccccc26)cc1. The lowest BCUT2D eigenvalue weighted by atomic mass is 9.87. The van der Waals surface area contributed by atoms with Gasteiger partial charge in [0.15, 0.2) is 8.07 Å². The number of rotatable bonds is 5. The molecule has 0 N–H and O–H groups in total. The minimum Gasteiger partial charge on any atom is -0.247 e. The Morgan fingerprint density at radius 3 is 1.41 bits per heavy atom. The van der Waals surface area contributed by atoms with Crippen LogP contribution in [0.15, 0.2) is 170 Å². The monoisotopic (exact) mass is 805 g/mol. The van der Waals surface area contributed by atoms with Crippen molar-refractivity contribution in [2.75, 3.05) is 0 Å². The van der Waals surface area contributed by atoms with Gasteiger partial charge in [0.1, 0.15) is 0 Å². The fraction of sp³-hybridized carbons (Fsp3) is 0.203. The van der Waals surface area contributed by atoms with Crippen LogP contribution in [-0.2, 0) is 16.2 Å². The molecule has 1 nitrogen and oxygen atoms in total. The summed E-state index contributed by atoms with van der Waals surface area (Å²) in [6.07, 6.45) is 0. The summed E-state index contributed by atoms with van der Waals surface area (Å²) < 4.78 is 0. The Hall–Kier alpha value is -6.09. The third-order valence-corrected chi connectivity index (χ3v) is 18.2. The molecule has 0 atom stereocenters. The van der Waals surface area contributed by atoms with Crippen LogP contribution in [0.1, 0.15) is 79.0 Å². The first kappa shape index (κ1) is 39.1. The third-order valence-electron chi connectivity index (χ3n) is 13.4. The standard InChI is InChI=1S/C59H55NSi/c1-57(2,3)41-23-29-44(30-24-41)61(45-31-25-42(26-32-45)58(4,5)6,46-33-27-43(28-34-46)59(7,8)9)52-36-40-19-15-18-38-22-35-48-54-47-20-13-14-21-51(47)60-56(39-16-11-10-12-17-39)50(54)37-49(52)55(48)53(38)40/h10-37H,1-9H3. The summed E-state index contributed by atoms with van der Waals surface area (Å²) in [4.78, 5) is 5.49. The normalized spacial score (nSPS) is 13.0. The predicted octanol–water partition coefficient (Wildman–Crippen LogP) is 13.2. The Labute approximate surface area is 362 Å². The number of aromatic nitrogens is 1. The van der Waals surface area contributed by atoms with Crippen LogP contribution >= 0.6 is 0 Å². The van der Waals surface area contributed by atoms with Crippen molar-refractivity contribution < 1.29 is 0 Å². The molecule has 0 spiro atoms. The van der Waals surface area contributed by atoms with Gasteiger partial charge in [-0.05, 0) is 98.1 Å². The van der Waals surface area contributed by atoms with E-state index in [4.69, 9.17) is 4.98 Å². The number of benzene rings is 9. The highest BCUT2D eigenvalue weighted by Crippen LogP contribution is 2.43. The van der Waals surface area contributed by atoms with E-state index in [9.17, 15) is 0 Å². The van der Waals surface area contributed by atoms with E-state index >= 15 is 0 Å². The molecular formula is C59H55NSi. The second kappa shape index (κ2) is 14.0. The molecule has 0 aliphatic carbocycles. The Morgan fingerprint density at radius 2 is 0.869 bits per heavy atom. The largest absolute Gasteiger partial charge is 0.247 e. The highest BCUT2D eigenvalue weighted by atomic mass is 28.3. The minimum atomic E-state index is -3.13. The van der Waals surface area contributed by atoms with Gasteiger partial charge >= 0.3 is 0 Å². The molecule has 0 aliphatic rings. The molecule has 0 saturated heterocycles. The second-order valence-electron chi connectivity index (χ2n) is 20.4. The zero-order chi connectivity index (χ0) is 42.5. The van der Waals surface area contributed by atoms with Crippen LogP contribution < -0.4 is 20.7 Å². The Kier molecular flexibility index (Phi) is 8.95. The highest BCUT2D eigenvalue weighted by molar-refractivity contribution is 7.20. The van der Waals surface area contributed by atoms with Crippen molar-refractivity contribution in [1.82, 2.24) is 4.98 Å². The van der Waals surface area contributed by atoms with Crippen LogP contribution in [0.5, 0.6) is 0 Å². The average molecular weight is 806 g/mol. The third kappa shape index (κ3) is 6.29. The van der Waals surface area contributed by atoms with Gasteiger partial charge < -0.3 is 0 Å². The number of hydrogen-bond acceptors (Lipinski definition) is 1. The summed E-state index contributed by atoms with van der Waals surface area (Å²) in [5.41, 5.74) is 7.28. The minimum absolute atomic E-state index is 0.0261. The summed E-state index contributed by atoms with van der Waals surface area (Å²) in [5.74, 6) is 0. The maximum atomic E-state index is 5.49. The molecule has 0 radical (unpaired) electrons. The van der Waals surface area contributed by atoms with Gasteiger partial charge in [-0.1, -0.05) is 220 Å². The molecule has 1 heterocycles. The molecular weight excluding hydrogens is 751 g/mol. The van der Waals surface area contributed by atoms with Crippen molar-refractivity contribution in [2.24, 2.45) is 0 Å². The summed E-state index contributed by atoms with van der Waals surface area (Å²) in [7, 11) is -3.13. The molecule has 1 aromatic heterocycles. The number of hydrogen-bond donors (Lipinski definition) is 0. The van der Waals surface area contributed by atoms with Gasteiger partial charge in [0.05, 0.1) is 11.2 Å². The number of pyridine rings is 1. The summed E-state index contributed by atoms with van der Waals surface area (Å²) in [6.45, 7) is 20.9. The van der Waals surface area contributed by atoms with Crippen LogP contribution in [0.4, 0.5) is 0 Å². The first-order valence-electron chi connectivity index (χ1n) is 22.0. The molecule has 0 aliphatic heterocycles. The average Bonchev–Trinajstić information content (AvgIpc) is 3.25. The Morgan fingerprint density at radius 1 is 0.361 bits per heavy atom. The lowest BCUT2D eigenvalue weighted by molar-refractivity contribution is 0.590. The quantitative estimate of drug-likeness (QED) is 0.0731. The van der Waals surface area contributed by atoms with E-state index in [2.05, 4.69) is 232 Å². The summed E-state index contributed by atoms with van der Waals surface area (Å²) >= 11 is 0. The first-order valence-corrected chi connectivity index (χ1v) is 24.0. The van der Waals surface area contributed by atoms with Crippen molar-refractivity contribution in [1.29, 1.82) is 0 Å². The molecule has 0 saturated carbocycles. The summed E-state index contributed by atoms with van der Waals surface area (Å²) in [6, 6.07) is 65.6. The molecule has 0 unspecified atom stereocenters. The van der Waals surface area contributed by atoms with E-state index in [0.29, 0.717) is 0 Å². The molecule has 10 aromatic rings.